The highest BCUT2D eigenvalue weighted by Crippen LogP contribution is 2.34. The van der Waals surface area contributed by atoms with Crippen LogP contribution >= 0.6 is 0 Å². The molecule has 0 spiro atoms. The normalized spacial score (nSPS) is 27.5. The number of hydrogen-bond acceptors (Lipinski definition) is 1. The molecule has 0 amide bonds. The lowest BCUT2D eigenvalue weighted by Gasteiger charge is -2.02. The molecule has 12 heavy (non-hydrogen) atoms. The van der Waals surface area contributed by atoms with E-state index in [4.69, 9.17) is 0 Å². The second kappa shape index (κ2) is 5.58. The van der Waals surface area contributed by atoms with Crippen molar-refractivity contribution in [3.63, 3.8) is 0 Å². The molecular formula is C11H23N. The molecule has 0 bridgehead atoms. The summed E-state index contributed by atoms with van der Waals surface area (Å²) in [4.78, 5) is 0. The summed E-state index contributed by atoms with van der Waals surface area (Å²) in [7, 11) is 0. The second-order valence-corrected chi connectivity index (χ2v) is 4.05. The van der Waals surface area contributed by atoms with Crippen LogP contribution in [0.2, 0.25) is 0 Å². The summed E-state index contributed by atoms with van der Waals surface area (Å²) in [6.45, 7) is 5.79. The van der Waals surface area contributed by atoms with Crippen LogP contribution in [0.25, 0.3) is 0 Å². The zero-order chi connectivity index (χ0) is 8.81. The third-order valence-corrected chi connectivity index (χ3v) is 2.77. The van der Waals surface area contributed by atoms with Gasteiger partial charge in [0.1, 0.15) is 0 Å². The summed E-state index contributed by atoms with van der Waals surface area (Å²) < 4.78 is 0. The van der Waals surface area contributed by atoms with Gasteiger partial charge >= 0.3 is 0 Å². The Morgan fingerprint density at radius 1 is 1.17 bits per heavy atom. The molecule has 0 aromatic heterocycles. The lowest BCUT2D eigenvalue weighted by Crippen LogP contribution is -2.19. The van der Waals surface area contributed by atoms with Gasteiger partial charge in [0, 0.05) is 6.04 Å². The SMILES string of the molecule is CCCCCNC1CC1CCC. The van der Waals surface area contributed by atoms with Crippen molar-refractivity contribution in [3.05, 3.63) is 0 Å². The Bertz CT molecular complexity index is 112. The number of rotatable bonds is 7. The molecule has 1 aliphatic rings. The van der Waals surface area contributed by atoms with E-state index in [2.05, 4.69) is 19.2 Å². The fourth-order valence-corrected chi connectivity index (χ4v) is 1.85. The molecule has 1 nitrogen and oxygen atoms in total. The molecule has 2 atom stereocenters. The fourth-order valence-electron chi connectivity index (χ4n) is 1.85. The topological polar surface area (TPSA) is 12.0 Å². The van der Waals surface area contributed by atoms with Gasteiger partial charge in [0.15, 0.2) is 0 Å². The van der Waals surface area contributed by atoms with Crippen molar-refractivity contribution in [3.8, 4) is 0 Å². The second-order valence-electron chi connectivity index (χ2n) is 4.05. The highest BCUT2D eigenvalue weighted by Gasteiger charge is 2.34. The maximum Gasteiger partial charge on any atom is 0.00991 e. The third-order valence-electron chi connectivity index (χ3n) is 2.77. The Balaban J connectivity index is 1.83. The van der Waals surface area contributed by atoms with Crippen molar-refractivity contribution in [1.82, 2.24) is 5.32 Å². The van der Waals surface area contributed by atoms with E-state index in [1.165, 1.54) is 45.1 Å². The van der Waals surface area contributed by atoms with E-state index < -0.39 is 0 Å². The van der Waals surface area contributed by atoms with Crippen LogP contribution in [0.3, 0.4) is 0 Å². The van der Waals surface area contributed by atoms with Crippen molar-refractivity contribution in [2.24, 2.45) is 5.92 Å². The van der Waals surface area contributed by atoms with E-state index in [1.807, 2.05) is 0 Å². The molecule has 0 aromatic rings. The lowest BCUT2D eigenvalue weighted by atomic mass is 10.2. The molecule has 0 saturated heterocycles. The van der Waals surface area contributed by atoms with Crippen LogP contribution in [-0.2, 0) is 0 Å². The van der Waals surface area contributed by atoms with E-state index in [0.717, 1.165) is 12.0 Å². The first-order valence-corrected chi connectivity index (χ1v) is 5.61. The lowest BCUT2D eigenvalue weighted by molar-refractivity contribution is 0.570. The zero-order valence-electron chi connectivity index (χ0n) is 8.60. The van der Waals surface area contributed by atoms with E-state index in [9.17, 15) is 0 Å². The standard InChI is InChI=1S/C11H23N/c1-3-5-6-8-12-11-9-10(11)7-4-2/h10-12H,3-9H2,1-2H3. The molecule has 1 saturated carbocycles. The minimum absolute atomic E-state index is 0.891. The molecule has 0 radical (unpaired) electrons. The molecule has 1 rings (SSSR count). The van der Waals surface area contributed by atoms with Crippen LogP contribution in [0.1, 0.15) is 52.4 Å². The molecule has 1 fully saturated rings. The van der Waals surface area contributed by atoms with E-state index >= 15 is 0 Å². The Morgan fingerprint density at radius 2 is 2.00 bits per heavy atom. The third kappa shape index (κ3) is 3.57. The Hall–Kier alpha value is -0.0400. The van der Waals surface area contributed by atoms with Gasteiger partial charge in [0.25, 0.3) is 0 Å². The highest BCUT2D eigenvalue weighted by atomic mass is 15.0. The first-order chi connectivity index (χ1) is 5.88. The first-order valence-electron chi connectivity index (χ1n) is 5.61. The summed E-state index contributed by atoms with van der Waals surface area (Å²) in [6.07, 6.45) is 8.33. The van der Waals surface area contributed by atoms with Gasteiger partial charge in [-0.25, -0.2) is 0 Å². The van der Waals surface area contributed by atoms with Crippen LogP contribution in [0.4, 0.5) is 0 Å². The predicted octanol–water partition coefficient (Wildman–Crippen LogP) is 2.95. The predicted molar refractivity (Wildman–Crippen MR) is 54.3 cm³/mol. The van der Waals surface area contributed by atoms with Crippen molar-refractivity contribution >= 4 is 0 Å². The molecule has 2 unspecified atom stereocenters. The monoisotopic (exact) mass is 169 g/mol. The molecule has 1 heteroatoms. The van der Waals surface area contributed by atoms with Gasteiger partial charge in [0.05, 0.1) is 0 Å². The summed E-state index contributed by atoms with van der Waals surface area (Å²) in [5.74, 6) is 1.02. The molecule has 72 valence electrons. The van der Waals surface area contributed by atoms with E-state index in [-0.39, 0.29) is 0 Å². The van der Waals surface area contributed by atoms with Crippen LogP contribution in [0.15, 0.2) is 0 Å². The zero-order valence-corrected chi connectivity index (χ0v) is 8.60. The number of hydrogen-bond donors (Lipinski definition) is 1. The molecule has 1 N–H and O–H groups in total. The smallest absolute Gasteiger partial charge is 0.00991 e. The minimum Gasteiger partial charge on any atom is -0.314 e. The summed E-state index contributed by atoms with van der Waals surface area (Å²) in [5.41, 5.74) is 0. The average molecular weight is 169 g/mol. The summed E-state index contributed by atoms with van der Waals surface area (Å²) in [6, 6.07) is 0.891. The van der Waals surface area contributed by atoms with Gasteiger partial charge in [-0.1, -0.05) is 33.1 Å². The average Bonchev–Trinajstić information content (AvgIpc) is 2.79. The highest BCUT2D eigenvalue weighted by molar-refractivity contribution is 4.92. The number of unbranched alkanes of at least 4 members (excludes halogenated alkanes) is 2. The van der Waals surface area contributed by atoms with Crippen LogP contribution in [0, 0.1) is 5.92 Å². The Labute approximate surface area is 76.9 Å². The molecule has 0 aromatic carbocycles. The molecular weight excluding hydrogens is 146 g/mol. The van der Waals surface area contributed by atoms with Gasteiger partial charge < -0.3 is 5.32 Å². The molecule has 0 heterocycles. The maximum atomic E-state index is 3.63. The van der Waals surface area contributed by atoms with E-state index in [0.29, 0.717) is 0 Å². The van der Waals surface area contributed by atoms with Gasteiger partial charge in [-0.05, 0) is 31.7 Å². The van der Waals surface area contributed by atoms with Gasteiger partial charge in [-0.15, -0.1) is 0 Å². The van der Waals surface area contributed by atoms with Gasteiger partial charge in [0.2, 0.25) is 0 Å². The number of nitrogens with one attached hydrogen (secondary N) is 1. The van der Waals surface area contributed by atoms with Gasteiger partial charge in [-0.3, -0.25) is 0 Å². The largest absolute Gasteiger partial charge is 0.314 e. The summed E-state index contributed by atoms with van der Waals surface area (Å²) >= 11 is 0. The Morgan fingerprint density at radius 3 is 2.67 bits per heavy atom. The van der Waals surface area contributed by atoms with Crippen LogP contribution in [0.5, 0.6) is 0 Å². The quantitative estimate of drug-likeness (QED) is 0.578. The van der Waals surface area contributed by atoms with Crippen molar-refractivity contribution < 1.29 is 0 Å². The fraction of sp³-hybridized carbons (Fsp3) is 1.00. The minimum atomic E-state index is 0.891. The van der Waals surface area contributed by atoms with Crippen molar-refractivity contribution in [2.45, 2.75) is 58.4 Å². The maximum absolute atomic E-state index is 3.63. The molecule has 1 aliphatic carbocycles. The van der Waals surface area contributed by atoms with Crippen molar-refractivity contribution in [2.75, 3.05) is 6.54 Å². The summed E-state index contributed by atoms with van der Waals surface area (Å²) in [5, 5.41) is 3.63. The first kappa shape index (κ1) is 10.0. The molecule has 0 aliphatic heterocycles. The Kier molecular flexibility index (Phi) is 4.67. The van der Waals surface area contributed by atoms with Gasteiger partial charge in [-0.2, -0.15) is 0 Å². The van der Waals surface area contributed by atoms with Crippen LogP contribution in [-0.4, -0.2) is 12.6 Å². The van der Waals surface area contributed by atoms with E-state index in [1.54, 1.807) is 0 Å². The van der Waals surface area contributed by atoms with Crippen molar-refractivity contribution in [1.29, 1.82) is 0 Å². The van der Waals surface area contributed by atoms with Crippen LogP contribution < -0.4 is 5.32 Å².